The summed E-state index contributed by atoms with van der Waals surface area (Å²) in [6.07, 6.45) is 3.66. The molecule has 20 heavy (non-hydrogen) atoms. The van der Waals surface area contributed by atoms with Crippen LogP contribution in [0.5, 0.6) is 0 Å². The van der Waals surface area contributed by atoms with E-state index in [0.29, 0.717) is 24.5 Å². The number of hydrogen-bond donors (Lipinski definition) is 2. The van der Waals surface area contributed by atoms with Crippen LogP contribution in [0, 0.1) is 11.7 Å². The minimum absolute atomic E-state index is 0.117. The van der Waals surface area contributed by atoms with Crippen LogP contribution in [0.2, 0.25) is 0 Å². The Bertz CT molecular complexity index is 434. The fraction of sp³-hybridized carbons (Fsp3) is 0.625. The summed E-state index contributed by atoms with van der Waals surface area (Å²) in [5, 5.41) is 7.11. The molecule has 1 saturated carbocycles. The highest BCUT2D eigenvalue weighted by Crippen LogP contribution is 2.29. The summed E-state index contributed by atoms with van der Waals surface area (Å²) >= 11 is 0. The van der Waals surface area contributed by atoms with Gasteiger partial charge in [0.25, 0.3) is 0 Å². The minimum Gasteiger partial charge on any atom is -0.379 e. The first-order valence-electron chi connectivity index (χ1n) is 7.62. The van der Waals surface area contributed by atoms with E-state index in [0.717, 1.165) is 25.3 Å². The van der Waals surface area contributed by atoms with Crippen molar-refractivity contribution < 1.29 is 9.13 Å². The van der Waals surface area contributed by atoms with E-state index in [9.17, 15) is 4.39 Å². The number of morpholine rings is 1. The summed E-state index contributed by atoms with van der Waals surface area (Å²) in [7, 11) is 0. The maximum atomic E-state index is 13.6. The van der Waals surface area contributed by atoms with Crippen LogP contribution in [-0.4, -0.2) is 31.8 Å². The van der Waals surface area contributed by atoms with Gasteiger partial charge in [-0.05, 0) is 24.8 Å². The molecule has 0 bridgehead atoms. The lowest BCUT2D eigenvalue weighted by molar-refractivity contribution is 0.0524. The van der Waals surface area contributed by atoms with E-state index in [1.54, 1.807) is 6.07 Å². The van der Waals surface area contributed by atoms with Gasteiger partial charge in [-0.25, -0.2) is 4.39 Å². The topological polar surface area (TPSA) is 33.3 Å². The summed E-state index contributed by atoms with van der Waals surface area (Å²) in [4.78, 5) is 0. The molecule has 0 radical (unpaired) electrons. The van der Waals surface area contributed by atoms with E-state index >= 15 is 0 Å². The first-order chi connectivity index (χ1) is 9.84. The van der Waals surface area contributed by atoms with Gasteiger partial charge in [-0.2, -0.15) is 0 Å². The Balaban J connectivity index is 1.57. The van der Waals surface area contributed by atoms with E-state index in [1.165, 1.54) is 25.3 Å². The molecule has 3 nitrogen and oxygen atoms in total. The van der Waals surface area contributed by atoms with E-state index in [-0.39, 0.29) is 5.82 Å². The summed E-state index contributed by atoms with van der Waals surface area (Å²) in [6.45, 7) is 3.18. The van der Waals surface area contributed by atoms with Gasteiger partial charge in [0.2, 0.25) is 0 Å². The molecule has 2 fully saturated rings. The molecule has 0 spiro atoms. The van der Waals surface area contributed by atoms with Crippen molar-refractivity contribution in [2.45, 2.75) is 37.9 Å². The Morgan fingerprint density at radius 2 is 2.20 bits per heavy atom. The standard InChI is InChI=1S/C16H23FN2O/c17-14-6-2-1-4-12(14)10-19-15-7-3-5-13(15)16-11-20-9-8-18-16/h1-2,4,6,13,15-16,18-19H,3,5,7-11H2. The van der Waals surface area contributed by atoms with Crippen molar-refractivity contribution >= 4 is 0 Å². The second-order valence-corrected chi connectivity index (χ2v) is 5.81. The third kappa shape index (κ3) is 3.19. The van der Waals surface area contributed by atoms with Crippen molar-refractivity contribution in [2.75, 3.05) is 19.8 Å². The van der Waals surface area contributed by atoms with E-state index in [1.807, 2.05) is 12.1 Å². The van der Waals surface area contributed by atoms with Crippen molar-refractivity contribution in [2.24, 2.45) is 5.92 Å². The molecule has 1 heterocycles. The average Bonchev–Trinajstić information content (AvgIpc) is 2.96. The lowest BCUT2D eigenvalue weighted by Gasteiger charge is -2.33. The maximum Gasteiger partial charge on any atom is 0.127 e. The molecule has 3 atom stereocenters. The molecule has 3 unspecified atom stereocenters. The fourth-order valence-corrected chi connectivity index (χ4v) is 3.47. The van der Waals surface area contributed by atoms with Gasteiger partial charge in [-0.1, -0.05) is 24.6 Å². The molecule has 4 heteroatoms. The number of benzene rings is 1. The van der Waals surface area contributed by atoms with Gasteiger partial charge in [-0.15, -0.1) is 0 Å². The van der Waals surface area contributed by atoms with Crippen LogP contribution in [-0.2, 0) is 11.3 Å². The van der Waals surface area contributed by atoms with Crippen molar-refractivity contribution in [3.8, 4) is 0 Å². The Hall–Kier alpha value is -0.970. The first-order valence-corrected chi connectivity index (χ1v) is 7.62. The Morgan fingerprint density at radius 3 is 3.00 bits per heavy atom. The van der Waals surface area contributed by atoms with Crippen LogP contribution in [0.15, 0.2) is 24.3 Å². The second kappa shape index (κ2) is 6.66. The molecule has 0 amide bonds. The van der Waals surface area contributed by atoms with Gasteiger partial charge < -0.3 is 15.4 Å². The van der Waals surface area contributed by atoms with Crippen LogP contribution in [0.4, 0.5) is 4.39 Å². The first kappa shape index (κ1) is 14.0. The van der Waals surface area contributed by atoms with Gasteiger partial charge >= 0.3 is 0 Å². The molecule has 2 N–H and O–H groups in total. The van der Waals surface area contributed by atoms with Gasteiger partial charge in [0, 0.05) is 30.7 Å². The van der Waals surface area contributed by atoms with Crippen LogP contribution >= 0.6 is 0 Å². The quantitative estimate of drug-likeness (QED) is 0.884. The van der Waals surface area contributed by atoms with Crippen molar-refractivity contribution in [1.82, 2.24) is 10.6 Å². The summed E-state index contributed by atoms with van der Waals surface area (Å²) in [5.41, 5.74) is 0.756. The third-order valence-electron chi connectivity index (χ3n) is 4.55. The zero-order valence-corrected chi connectivity index (χ0v) is 11.8. The molecule has 1 saturated heterocycles. The van der Waals surface area contributed by atoms with Crippen molar-refractivity contribution in [3.05, 3.63) is 35.6 Å². The maximum absolute atomic E-state index is 13.6. The fourth-order valence-electron chi connectivity index (χ4n) is 3.47. The molecule has 1 aliphatic carbocycles. The van der Waals surface area contributed by atoms with Crippen LogP contribution in [0.3, 0.4) is 0 Å². The molecule has 1 aromatic rings. The highest BCUT2D eigenvalue weighted by atomic mass is 19.1. The summed E-state index contributed by atoms with van der Waals surface area (Å²) in [6, 6.07) is 7.93. The lowest BCUT2D eigenvalue weighted by atomic mass is 9.94. The van der Waals surface area contributed by atoms with Crippen molar-refractivity contribution in [1.29, 1.82) is 0 Å². The summed E-state index contributed by atoms with van der Waals surface area (Å²) < 4.78 is 19.2. The van der Waals surface area contributed by atoms with E-state index in [2.05, 4.69) is 10.6 Å². The van der Waals surface area contributed by atoms with Gasteiger partial charge in [0.1, 0.15) is 5.82 Å². The van der Waals surface area contributed by atoms with Crippen LogP contribution in [0.25, 0.3) is 0 Å². The molecule has 2 aliphatic rings. The molecule has 1 aromatic carbocycles. The zero-order chi connectivity index (χ0) is 13.8. The Kier molecular flexibility index (Phi) is 4.65. The summed E-state index contributed by atoms with van der Waals surface area (Å²) in [5.74, 6) is 0.482. The van der Waals surface area contributed by atoms with Gasteiger partial charge in [0.05, 0.1) is 13.2 Å². The average molecular weight is 278 g/mol. The highest BCUT2D eigenvalue weighted by molar-refractivity contribution is 5.17. The number of rotatable bonds is 4. The number of hydrogen-bond acceptors (Lipinski definition) is 3. The lowest BCUT2D eigenvalue weighted by Crippen LogP contribution is -2.50. The second-order valence-electron chi connectivity index (χ2n) is 5.81. The largest absolute Gasteiger partial charge is 0.379 e. The zero-order valence-electron chi connectivity index (χ0n) is 11.8. The monoisotopic (exact) mass is 278 g/mol. The number of ether oxygens (including phenoxy) is 1. The molecule has 1 aliphatic heterocycles. The van der Waals surface area contributed by atoms with E-state index in [4.69, 9.17) is 4.74 Å². The molecule has 3 rings (SSSR count). The smallest absolute Gasteiger partial charge is 0.127 e. The third-order valence-corrected chi connectivity index (χ3v) is 4.55. The molecule has 0 aromatic heterocycles. The predicted molar refractivity (Wildman–Crippen MR) is 77.0 cm³/mol. The predicted octanol–water partition coefficient (Wildman–Crippen LogP) is 2.07. The number of nitrogens with one attached hydrogen (secondary N) is 2. The molecular weight excluding hydrogens is 255 g/mol. The van der Waals surface area contributed by atoms with Crippen LogP contribution in [0.1, 0.15) is 24.8 Å². The Morgan fingerprint density at radius 1 is 1.30 bits per heavy atom. The SMILES string of the molecule is Fc1ccccc1CNC1CCCC1C1COCCN1. The highest BCUT2D eigenvalue weighted by Gasteiger charge is 2.34. The molecular formula is C16H23FN2O. The van der Waals surface area contributed by atoms with Gasteiger partial charge in [-0.3, -0.25) is 0 Å². The Labute approximate surface area is 119 Å². The number of halogens is 1. The van der Waals surface area contributed by atoms with Crippen molar-refractivity contribution in [3.63, 3.8) is 0 Å². The van der Waals surface area contributed by atoms with Gasteiger partial charge in [0.15, 0.2) is 0 Å². The normalized spacial score (nSPS) is 30.6. The van der Waals surface area contributed by atoms with Crippen LogP contribution < -0.4 is 10.6 Å². The van der Waals surface area contributed by atoms with E-state index < -0.39 is 0 Å². The molecule has 110 valence electrons. The minimum atomic E-state index is -0.117.